The lowest BCUT2D eigenvalue weighted by molar-refractivity contribution is 0.371. The highest BCUT2D eigenvalue weighted by Crippen LogP contribution is 2.34. The van der Waals surface area contributed by atoms with E-state index in [-0.39, 0.29) is 5.38 Å². The Bertz CT molecular complexity index is 613. The van der Waals surface area contributed by atoms with Crippen molar-refractivity contribution in [2.45, 2.75) is 63.3 Å². The van der Waals surface area contributed by atoms with Crippen LogP contribution in [-0.2, 0) is 0 Å². The number of fused-ring (bicyclic) bond motifs is 1. The van der Waals surface area contributed by atoms with E-state index in [1.165, 1.54) is 54.0 Å². The summed E-state index contributed by atoms with van der Waals surface area (Å²) < 4.78 is 3.67. The van der Waals surface area contributed by atoms with Crippen molar-refractivity contribution in [3.8, 4) is 0 Å². The molecule has 114 valence electrons. The molecule has 0 saturated heterocycles. The minimum Gasteiger partial charge on any atom is -0.324 e. The van der Waals surface area contributed by atoms with E-state index in [4.69, 9.17) is 16.6 Å². The van der Waals surface area contributed by atoms with Gasteiger partial charge in [-0.1, -0.05) is 32.1 Å². The Balaban J connectivity index is 2.07. The Morgan fingerprint density at radius 1 is 1.19 bits per heavy atom. The maximum atomic E-state index is 6.43. The monoisotopic (exact) mass is 416 g/mol. The van der Waals surface area contributed by atoms with Gasteiger partial charge in [0.1, 0.15) is 5.82 Å². The molecular weight excluding hydrogens is 395 g/mol. The number of halogens is 2. The Kier molecular flexibility index (Phi) is 5.10. The molecule has 1 aliphatic rings. The van der Waals surface area contributed by atoms with Gasteiger partial charge in [-0.3, -0.25) is 0 Å². The number of rotatable bonds is 2. The van der Waals surface area contributed by atoms with Crippen LogP contribution in [0.1, 0.15) is 69.1 Å². The van der Waals surface area contributed by atoms with Gasteiger partial charge in [-0.25, -0.2) is 4.98 Å². The van der Waals surface area contributed by atoms with Crippen LogP contribution in [0.25, 0.3) is 11.0 Å². The fourth-order valence-electron chi connectivity index (χ4n) is 3.45. The van der Waals surface area contributed by atoms with Crippen molar-refractivity contribution in [3.05, 3.63) is 27.6 Å². The summed E-state index contributed by atoms with van der Waals surface area (Å²) in [6, 6.07) is 7.11. The van der Waals surface area contributed by atoms with Crippen LogP contribution < -0.4 is 0 Å². The molecule has 1 aliphatic carbocycles. The quantitative estimate of drug-likeness (QED) is 0.419. The van der Waals surface area contributed by atoms with Gasteiger partial charge in [0.15, 0.2) is 0 Å². The first-order chi connectivity index (χ1) is 10.2. The maximum absolute atomic E-state index is 6.43. The topological polar surface area (TPSA) is 17.8 Å². The molecule has 4 heteroatoms. The largest absolute Gasteiger partial charge is 0.324 e. The molecule has 1 unspecified atom stereocenters. The summed E-state index contributed by atoms with van der Waals surface area (Å²) in [5, 5.41) is -0.0412. The molecule has 1 fully saturated rings. The van der Waals surface area contributed by atoms with E-state index >= 15 is 0 Å². The van der Waals surface area contributed by atoms with Gasteiger partial charge in [-0.2, -0.15) is 0 Å². The molecule has 0 bridgehead atoms. The fourth-order valence-corrected chi connectivity index (χ4v) is 4.08. The predicted molar refractivity (Wildman–Crippen MR) is 98.1 cm³/mol. The summed E-state index contributed by atoms with van der Waals surface area (Å²) in [7, 11) is 0. The van der Waals surface area contributed by atoms with Gasteiger partial charge < -0.3 is 4.57 Å². The fraction of sp³-hybridized carbons (Fsp3) is 0.588. The first kappa shape index (κ1) is 15.6. The number of hydrogen-bond acceptors (Lipinski definition) is 1. The van der Waals surface area contributed by atoms with E-state index in [0.29, 0.717) is 6.04 Å². The first-order valence-corrected chi connectivity index (χ1v) is 9.50. The second-order valence-corrected chi connectivity index (χ2v) is 7.99. The Hall–Kier alpha value is -0.290. The number of alkyl halides is 1. The zero-order valence-electron chi connectivity index (χ0n) is 12.5. The average molecular weight is 417 g/mol. The van der Waals surface area contributed by atoms with Crippen LogP contribution in [0.3, 0.4) is 0 Å². The smallest absolute Gasteiger partial charge is 0.127 e. The third-order valence-corrected chi connectivity index (χ3v) is 5.34. The minimum atomic E-state index is -0.0412. The van der Waals surface area contributed by atoms with Crippen LogP contribution >= 0.6 is 34.2 Å². The highest BCUT2D eigenvalue weighted by molar-refractivity contribution is 14.1. The molecule has 1 atom stereocenters. The third kappa shape index (κ3) is 3.39. The van der Waals surface area contributed by atoms with E-state index in [1.807, 2.05) is 6.92 Å². The predicted octanol–water partition coefficient (Wildman–Crippen LogP) is 6.23. The zero-order chi connectivity index (χ0) is 14.8. The van der Waals surface area contributed by atoms with Gasteiger partial charge in [0, 0.05) is 9.61 Å². The van der Waals surface area contributed by atoms with Crippen LogP contribution in [0.2, 0.25) is 0 Å². The summed E-state index contributed by atoms with van der Waals surface area (Å²) in [6.45, 7) is 2.03. The average Bonchev–Trinajstić information content (AvgIpc) is 2.77. The summed E-state index contributed by atoms with van der Waals surface area (Å²) in [4.78, 5) is 4.83. The molecule has 21 heavy (non-hydrogen) atoms. The van der Waals surface area contributed by atoms with Crippen LogP contribution in [0.5, 0.6) is 0 Å². The van der Waals surface area contributed by atoms with Gasteiger partial charge in [0.25, 0.3) is 0 Å². The summed E-state index contributed by atoms with van der Waals surface area (Å²) in [5.74, 6) is 1.04. The van der Waals surface area contributed by atoms with Crippen LogP contribution in [0, 0.1) is 3.57 Å². The van der Waals surface area contributed by atoms with Crippen molar-refractivity contribution in [3.63, 3.8) is 0 Å². The van der Waals surface area contributed by atoms with Crippen LogP contribution in [0.4, 0.5) is 0 Å². The molecule has 1 aromatic heterocycles. The van der Waals surface area contributed by atoms with Crippen molar-refractivity contribution >= 4 is 45.2 Å². The van der Waals surface area contributed by atoms with E-state index in [2.05, 4.69) is 45.4 Å². The van der Waals surface area contributed by atoms with Gasteiger partial charge in [0.2, 0.25) is 0 Å². The van der Waals surface area contributed by atoms with Crippen molar-refractivity contribution in [2.75, 3.05) is 0 Å². The second kappa shape index (κ2) is 6.86. The Labute approximate surface area is 145 Å². The minimum absolute atomic E-state index is 0.0412. The third-order valence-electron chi connectivity index (χ3n) is 4.47. The number of aromatic nitrogens is 2. The van der Waals surface area contributed by atoms with Crippen molar-refractivity contribution in [1.82, 2.24) is 9.55 Å². The van der Waals surface area contributed by atoms with Gasteiger partial charge in [0.05, 0.1) is 16.4 Å². The molecule has 0 radical (unpaired) electrons. The summed E-state index contributed by atoms with van der Waals surface area (Å²) in [6.07, 6.45) is 9.30. The lowest BCUT2D eigenvalue weighted by Crippen LogP contribution is -2.14. The molecular formula is C17H22ClIN2. The number of nitrogens with zero attached hydrogens (tertiary/aromatic N) is 2. The highest BCUT2D eigenvalue weighted by Gasteiger charge is 2.22. The van der Waals surface area contributed by atoms with Gasteiger partial charge in [-0.05, 0) is 60.6 Å². The summed E-state index contributed by atoms with van der Waals surface area (Å²) >= 11 is 8.78. The molecule has 2 aromatic rings. The lowest BCUT2D eigenvalue weighted by atomic mass is 9.96. The molecule has 1 saturated carbocycles. The Morgan fingerprint density at radius 3 is 2.52 bits per heavy atom. The molecule has 1 aromatic carbocycles. The zero-order valence-corrected chi connectivity index (χ0v) is 15.4. The van der Waals surface area contributed by atoms with Gasteiger partial charge >= 0.3 is 0 Å². The van der Waals surface area contributed by atoms with E-state index < -0.39 is 0 Å². The normalized spacial score (nSPS) is 19.4. The van der Waals surface area contributed by atoms with Gasteiger partial charge in [-0.15, -0.1) is 11.6 Å². The van der Waals surface area contributed by atoms with Crippen LogP contribution in [0.15, 0.2) is 18.2 Å². The van der Waals surface area contributed by atoms with E-state index in [9.17, 15) is 0 Å². The lowest BCUT2D eigenvalue weighted by Gasteiger charge is -2.24. The second-order valence-electron chi connectivity index (χ2n) is 6.09. The first-order valence-electron chi connectivity index (χ1n) is 7.98. The number of hydrogen-bond donors (Lipinski definition) is 0. The number of benzene rings is 1. The van der Waals surface area contributed by atoms with Crippen LogP contribution in [-0.4, -0.2) is 9.55 Å². The molecule has 0 N–H and O–H groups in total. The molecule has 0 amide bonds. The maximum Gasteiger partial charge on any atom is 0.127 e. The SMILES string of the molecule is CC(Cl)c1nc2cc(I)ccc2n1C1CCCCCCC1. The molecule has 0 aliphatic heterocycles. The van der Waals surface area contributed by atoms with Crippen molar-refractivity contribution in [1.29, 1.82) is 0 Å². The Morgan fingerprint density at radius 2 is 1.86 bits per heavy atom. The molecule has 0 spiro atoms. The van der Waals surface area contributed by atoms with E-state index in [0.717, 1.165) is 11.3 Å². The van der Waals surface area contributed by atoms with Crippen molar-refractivity contribution in [2.24, 2.45) is 0 Å². The standard InChI is InChI=1S/C17H22ClIN2/c1-12(18)17-20-15-11-13(19)9-10-16(15)21(17)14-7-5-3-2-4-6-8-14/h9-12,14H,2-8H2,1H3. The van der Waals surface area contributed by atoms with E-state index in [1.54, 1.807) is 0 Å². The summed E-state index contributed by atoms with van der Waals surface area (Å²) in [5.41, 5.74) is 2.34. The molecule has 2 nitrogen and oxygen atoms in total. The molecule has 1 heterocycles. The molecule has 3 rings (SSSR count). The number of imidazole rings is 1. The highest BCUT2D eigenvalue weighted by atomic mass is 127. The van der Waals surface area contributed by atoms with Crippen molar-refractivity contribution < 1.29 is 0 Å².